The summed E-state index contributed by atoms with van der Waals surface area (Å²) >= 11 is 0. The maximum absolute atomic E-state index is 15.5. The third kappa shape index (κ3) is 6.06. The first-order valence-corrected chi connectivity index (χ1v) is 17.8. The van der Waals surface area contributed by atoms with Crippen LogP contribution in [0.4, 0.5) is 4.39 Å². The molecule has 256 valence electrons. The van der Waals surface area contributed by atoms with Crippen molar-refractivity contribution < 1.29 is 4.39 Å². The van der Waals surface area contributed by atoms with Crippen LogP contribution in [0.3, 0.4) is 0 Å². The fourth-order valence-electron chi connectivity index (χ4n) is 6.91. The highest BCUT2D eigenvalue weighted by atomic mass is 19.1. The molecule has 0 saturated heterocycles. The Labute approximate surface area is 304 Å². The van der Waals surface area contributed by atoms with E-state index in [0.29, 0.717) is 23.0 Å². The summed E-state index contributed by atoms with van der Waals surface area (Å²) in [6.07, 6.45) is 0. The third-order valence-electron chi connectivity index (χ3n) is 9.86. The Balaban J connectivity index is 1.51. The van der Waals surface area contributed by atoms with Gasteiger partial charge in [-0.2, -0.15) is 0 Å². The molecule has 0 spiro atoms. The van der Waals surface area contributed by atoms with Crippen molar-refractivity contribution in [2.45, 2.75) is 52.4 Å². The Bertz CT molecular complexity index is 2460. The summed E-state index contributed by atoms with van der Waals surface area (Å²) in [5, 5.41) is 2.30. The number of fused-ring (bicyclic) bond motifs is 3. The van der Waals surface area contributed by atoms with Crippen LogP contribution in [0.15, 0.2) is 140 Å². The van der Waals surface area contributed by atoms with Crippen LogP contribution in [-0.4, -0.2) is 19.5 Å². The third-order valence-corrected chi connectivity index (χ3v) is 9.86. The van der Waals surface area contributed by atoms with Crippen molar-refractivity contribution in [1.29, 1.82) is 0 Å². The number of hydrogen-bond acceptors (Lipinski definition) is 3. The van der Waals surface area contributed by atoms with E-state index in [1.165, 1.54) is 17.2 Å². The van der Waals surface area contributed by atoms with Crippen molar-refractivity contribution in [3.05, 3.63) is 156 Å². The van der Waals surface area contributed by atoms with E-state index in [1.807, 2.05) is 84.9 Å². The normalized spacial score (nSPS) is 12.1. The van der Waals surface area contributed by atoms with Crippen LogP contribution in [0, 0.1) is 5.82 Å². The number of hydrogen-bond donors (Lipinski definition) is 0. The Morgan fingerprint density at radius 1 is 0.442 bits per heavy atom. The highest BCUT2D eigenvalue weighted by Gasteiger charge is 2.24. The monoisotopic (exact) mass is 680 g/mol. The second-order valence-corrected chi connectivity index (χ2v) is 15.5. The van der Waals surface area contributed by atoms with Gasteiger partial charge in [0.15, 0.2) is 17.5 Å². The number of nitrogens with zero attached hydrogens (tertiary/aromatic N) is 4. The van der Waals surface area contributed by atoms with Gasteiger partial charge in [0.25, 0.3) is 0 Å². The molecule has 0 bridgehead atoms. The quantitative estimate of drug-likeness (QED) is 0.182. The van der Waals surface area contributed by atoms with Crippen molar-refractivity contribution in [3.63, 3.8) is 0 Å². The van der Waals surface area contributed by atoms with Gasteiger partial charge in [-0.15, -0.1) is 0 Å². The number of aromatic nitrogens is 4. The first kappa shape index (κ1) is 33.2. The van der Waals surface area contributed by atoms with E-state index >= 15 is 4.39 Å². The zero-order valence-electron chi connectivity index (χ0n) is 30.4. The average molecular weight is 681 g/mol. The van der Waals surface area contributed by atoms with Crippen molar-refractivity contribution in [2.75, 3.05) is 0 Å². The van der Waals surface area contributed by atoms with E-state index < -0.39 is 0 Å². The molecule has 0 radical (unpaired) electrons. The molecule has 8 aromatic rings. The van der Waals surface area contributed by atoms with Gasteiger partial charge in [0.05, 0.1) is 16.7 Å². The second kappa shape index (κ2) is 12.7. The molecule has 0 fully saturated rings. The Hall–Kier alpha value is -5.94. The summed E-state index contributed by atoms with van der Waals surface area (Å²) in [7, 11) is 0. The SMILES string of the molecule is CC(C)(C)c1ccc2c3ccc(C(C)(C)C)cc3n(-c3cc(-c4ccccc4F)ccc3-c3nc(-c4ccccc4)nc(-c4ccccc4)n3)c2c1. The average Bonchev–Trinajstić information content (AvgIpc) is 3.48. The minimum absolute atomic E-state index is 0.0761. The predicted molar refractivity (Wildman–Crippen MR) is 213 cm³/mol. The lowest BCUT2D eigenvalue weighted by Gasteiger charge is -2.21. The molecule has 8 rings (SSSR count). The van der Waals surface area contributed by atoms with Crippen LogP contribution < -0.4 is 0 Å². The van der Waals surface area contributed by atoms with Crippen LogP contribution in [-0.2, 0) is 10.8 Å². The van der Waals surface area contributed by atoms with Gasteiger partial charge in [-0.1, -0.05) is 151 Å². The fraction of sp³-hybridized carbons (Fsp3) is 0.170. The summed E-state index contributed by atoms with van der Waals surface area (Å²) < 4.78 is 17.8. The van der Waals surface area contributed by atoms with Crippen molar-refractivity contribution in [1.82, 2.24) is 19.5 Å². The number of halogens is 1. The van der Waals surface area contributed by atoms with Crippen molar-refractivity contribution >= 4 is 21.8 Å². The minimum Gasteiger partial charge on any atom is -0.308 e. The maximum atomic E-state index is 15.5. The molecular weight excluding hydrogens is 640 g/mol. The Kier molecular flexibility index (Phi) is 8.10. The zero-order chi connectivity index (χ0) is 36.2. The van der Waals surface area contributed by atoms with Gasteiger partial charge in [-0.25, -0.2) is 19.3 Å². The predicted octanol–water partition coefficient (Wildman–Crippen LogP) is 12.4. The maximum Gasteiger partial charge on any atom is 0.166 e. The van der Waals surface area contributed by atoms with Gasteiger partial charge in [0, 0.05) is 33.0 Å². The molecule has 2 aromatic heterocycles. The van der Waals surface area contributed by atoms with Crippen LogP contribution in [0.5, 0.6) is 0 Å². The molecule has 5 heteroatoms. The van der Waals surface area contributed by atoms with E-state index in [9.17, 15) is 0 Å². The molecule has 0 unspecified atom stereocenters. The minimum atomic E-state index is -0.272. The standard InChI is InChI=1S/C47H41FN4/c1-46(2,3)33-22-25-36-37-26-23-34(47(4,5)6)29-42(37)52(41(36)28-33)40-27-32(35-19-13-14-20-39(35)48)21-24-38(40)45-50-43(30-15-9-7-10-16-30)49-44(51-45)31-17-11-8-12-18-31/h7-29H,1-6H3. The highest BCUT2D eigenvalue weighted by molar-refractivity contribution is 6.10. The molecule has 0 atom stereocenters. The van der Waals surface area contributed by atoms with Gasteiger partial charge in [0.1, 0.15) is 5.82 Å². The molecule has 0 aliphatic heterocycles. The molecule has 4 nitrogen and oxygen atoms in total. The lowest BCUT2D eigenvalue weighted by atomic mass is 9.86. The smallest absolute Gasteiger partial charge is 0.166 e. The van der Waals surface area contributed by atoms with E-state index in [4.69, 9.17) is 15.0 Å². The van der Waals surface area contributed by atoms with E-state index in [-0.39, 0.29) is 16.6 Å². The van der Waals surface area contributed by atoms with E-state index in [0.717, 1.165) is 49.7 Å². The summed E-state index contributed by atoms with van der Waals surface area (Å²) in [5.74, 6) is 1.43. The zero-order valence-corrected chi connectivity index (χ0v) is 30.4. The number of rotatable bonds is 5. The van der Waals surface area contributed by atoms with Crippen LogP contribution >= 0.6 is 0 Å². The molecular formula is C47H41FN4. The molecule has 52 heavy (non-hydrogen) atoms. The summed E-state index contributed by atoms with van der Waals surface area (Å²) in [4.78, 5) is 15.3. The molecule has 6 aromatic carbocycles. The Morgan fingerprint density at radius 3 is 1.42 bits per heavy atom. The molecule has 0 N–H and O–H groups in total. The molecule has 2 heterocycles. The summed E-state index contributed by atoms with van der Waals surface area (Å²) in [6, 6.07) is 46.7. The van der Waals surface area contributed by atoms with E-state index in [1.54, 1.807) is 6.07 Å². The lowest BCUT2D eigenvalue weighted by Crippen LogP contribution is -2.11. The Morgan fingerprint density at radius 2 is 0.923 bits per heavy atom. The first-order valence-electron chi connectivity index (χ1n) is 17.8. The molecule has 0 aliphatic rings. The van der Waals surface area contributed by atoms with Crippen molar-refractivity contribution in [2.24, 2.45) is 0 Å². The van der Waals surface area contributed by atoms with Gasteiger partial charge in [0.2, 0.25) is 0 Å². The summed E-state index contributed by atoms with van der Waals surface area (Å²) in [5.41, 5.74) is 9.22. The number of benzene rings is 6. The highest BCUT2D eigenvalue weighted by Crippen LogP contribution is 2.41. The molecule has 0 saturated carbocycles. The second-order valence-electron chi connectivity index (χ2n) is 15.5. The fourth-order valence-corrected chi connectivity index (χ4v) is 6.91. The van der Waals surface area contributed by atoms with Gasteiger partial charge < -0.3 is 4.57 Å². The van der Waals surface area contributed by atoms with Crippen LogP contribution in [0.1, 0.15) is 52.7 Å². The molecule has 0 aliphatic carbocycles. The van der Waals surface area contributed by atoms with Crippen molar-refractivity contribution in [3.8, 4) is 51.0 Å². The van der Waals surface area contributed by atoms with Crippen LogP contribution in [0.25, 0.3) is 72.8 Å². The van der Waals surface area contributed by atoms with Gasteiger partial charge >= 0.3 is 0 Å². The van der Waals surface area contributed by atoms with E-state index in [2.05, 4.69) is 88.6 Å². The van der Waals surface area contributed by atoms with Crippen LogP contribution in [0.2, 0.25) is 0 Å². The largest absolute Gasteiger partial charge is 0.308 e. The van der Waals surface area contributed by atoms with Gasteiger partial charge in [-0.3, -0.25) is 0 Å². The van der Waals surface area contributed by atoms with Gasteiger partial charge in [-0.05, 0) is 57.9 Å². The first-order chi connectivity index (χ1) is 25.0. The summed E-state index contributed by atoms with van der Waals surface area (Å²) in [6.45, 7) is 13.4. The lowest BCUT2D eigenvalue weighted by molar-refractivity contribution is 0.591. The molecule has 0 amide bonds. The topological polar surface area (TPSA) is 43.6 Å².